The van der Waals surface area contributed by atoms with Crippen LogP contribution in [0.1, 0.15) is 17.3 Å². The zero-order chi connectivity index (χ0) is 22.9. The molecule has 0 atom stereocenters. The minimum atomic E-state index is -0.402. The van der Waals surface area contributed by atoms with Gasteiger partial charge >= 0.3 is 5.97 Å². The van der Waals surface area contributed by atoms with Crippen molar-refractivity contribution in [3.63, 3.8) is 0 Å². The quantitative estimate of drug-likeness (QED) is 0.404. The minimum absolute atomic E-state index is 0.287. The number of H-pyrrole nitrogens is 2. The number of rotatable bonds is 5. The second kappa shape index (κ2) is 8.19. The third-order valence-electron chi connectivity index (χ3n) is 5.35. The van der Waals surface area contributed by atoms with Crippen LogP contribution >= 0.6 is 0 Å². The van der Waals surface area contributed by atoms with Gasteiger partial charge in [-0.05, 0) is 43.3 Å². The Bertz CT molecular complexity index is 1530. The summed E-state index contributed by atoms with van der Waals surface area (Å²) in [4.78, 5) is 32.6. The number of carbonyl (C=O) groups is 1. The van der Waals surface area contributed by atoms with Crippen LogP contribution in [-0.2, 0) is 11.8 Å². The molecule has 4 heterocycles. The third kappa shape index (κ3) is 3.69. The fourth-order valence-electron chi connectivity index (χ4n) is 3.85. The maximum atomic E-state index is 12.9. The molecule has 2 N–H and O–H groups in total. The van der Waals surface area contributed by atoms with E-state index in [-0.39, 0.29) is 12.2 Å². The lowest BCUT2D eigenvalue weighted by Crippen LogP contribution is -2.12. The van der Waals surface area contributed by atoms with Crippen molar-refractivity contribution < 1.29 is 9.53 Å². The SMILES string of the molecule is CCOC(=O)c1ccc2[nH]c(-c3cc(-c4ccncc4)n[nH]c3=O)c(-c3cnn(C)c3)c2c1. The van der Waals surface area contributed by atoms with Gasteiger partial charge in [0.15, 0.2) is 0 Å². The van der Waals surface area contributed by atoms with Crippen molar-refractivity contribution >= 4 is 16.9 Å². The van der Waals surface area contributed by atoms with Gasteiger partial charge in [-0.3, -0.25) is 14.5 Å². The van der Waals surface area contributed by atoms with E-state index in [1.54, 1.807) is 48.4 Å². The average Bonchev–Trinajstić information content (AvgIpc) is 3.42. The highest BCUT2D eigenvalue weighted by Gasteiger charge is 2.21. The summed E-state index contributed by atoms with van der Waals surface area (Å²) >= 11 is 0. The first-order chi connectivity index (χ1) is 16.0. The zero-order valence-electron chi connectivity index (χ0n) is 18.0. The molecule has 4 aromatic heterocycles. The molecule has 0 bridgehead atoms. The van der Waals surface area contributed by atoms with Crippen LogP contribution in [0.5, 0.6) is 0 Å². The van der Waals surface area contributed by atoms with Gasteiger partial charge in [-0.15, -0.1) is 0 Å². The number of benzene rings is 1. The summed E-state index contributed by atoms with van der Waals surface area (Å²) in [6, 6.07) is 10.7. The van der Waals surface area contributed by atoms with E-state index < -0.39 is 5.97 Å². The molecular formula is C24H20N6O3. The van der Waals surface area contributed by atoms with Crippen LogP contribution in [0.15, 0.2) is 66.0 Å². The van der Waals surface area contributed by atoms with Crippen LogP contribution in [-0.4, -0.2) is 42.5 Å². The predicted octanol–water partition coefficient (Wildman–Crippen LogP) is 3.56. The van der Waals surface area contributed by atoms with Gasteiger partial charge in [0.25, 0.3) is 5.56 Å². The monoisotopic (exact) mass is 440 g/mol. The number of fused-ring (bicyclic) bond motifs is 1. The Kier molecular flexibility index (Phi) is 5.06. The van der Waals surface area contributed by atoms with Crippen LogP contribution in [0.4, 0.5) is 0 Å². The number of esters is 1. The number of pyridine rings is 1. The number of aryl methyl sites for hydroxylation is 1. The first-order valence-electron chi connectivity index (χ1n) is 10.4. The molecule has 9 heteroatoms. The van der Waals surface area contributed by atoms with Crippen molar-refractivity contribution in [3.05, 3.63) is 77.1 Å². The van der Waals surface area contributed by atoms with Crippen LogP contribution in [0, 0.1) is 0 Å². The molecule has 5 aromatic rings. The van der Waals surface area contributed by atoms with Crippen molar-refractivity contribution in [1.29, 1.82) is 0 Å². The van der Waals surface area contributed by atoms with E-state index in [9.17, 15) is 9.59 Å². The normalized spacial score (nSPS) is 11.1. The smallest absolute Gasteiger partial charge is 0.338 e. The fourth-order valence-corrected chi connectivity index (χ4v) is 3.85. The molecule has 0 aliphatic carbocycles. The van der Waals surface area contributed by atoms with Crippen molar-refractivity contribution in [2.24, 2.45) is 7.05 Å². The Morgan fingerprint density at radius 2 is 1.94 bits per heavy atom. The summed E-state index contributed by atoms with van der Waals surface area (Å²) in [5.74, 6) is -0.402. The molecule has 0 spiro atoms. The van der Waals surface area contributed by atoms with Crippen molar-refractivity contribution in [1.82, 2.24) is 29.9 Å². The van der Waals surface area contributed by atoms with Crippen LogP contribution in [0.2, 0.25) is 0 Å². The van der Waals surface area contributed by atoms with E-state index in [2.05, 4.69) is 25.3 Å². The van der Waals surface area contributed by atoms with Gasteiger partial charge in [-0.25, -0.2) is 9.89 Å². The number of hydrogen-bond acceptors (Lipinski definition) is 6. The topological polar surface area (TPSA) is 119 Å². The summed E-state index contributed by atoms with van der Waals surface area (Å²) in [5, 5.41) is 11.9. The molecule has 0 saturated heterocycles. The molecule has 1 aromatic carbocycles. The van der Waals surface area contributed by atoms with Gasteiger partial charge < -0.3 is 9.72 Å². The van der Waals surface area contributed by atoms with E-state index in [1.807, 2.05) is 31.4 Å². The number of nitrogens with one attached hydrogen (secondary N) is 2. The Hall–Kier alpha value is -4.53. The summed E-state index contributed by atoms with van der Waals surface area (Å²) in [7, 11) is 1.82. The lowest BCUT2D eigenvalue weighted by atomic mass is 10.00. The van der Waals surface area contributed by atoms with Crippen molar-refractivity contribution in [2.75, 3.05) is 6.61 Å². The average molecular weight is 440 g/mol. The van der Waals surface area contributed by atoms with Crippen molar-refractivity contribution in [3.8, 4) is 33.6 Å². The minimum Gasteiger partial charge on any atom is -0.462 e. The van der Waals surface area contributed by atoms with Crippen LogP contribution in [0.25, 0.3) is 44.5 Å². The zero-order valence-corrected chi connectivity index (χ0v) is 18.0. The molecule has 0 unspecified atom stereocenters. The number of aromatic nitrogens is 6. The lowest BCUT2D eigenvalue weighted by molar-refractivity contribution is 0.0526. The van der Waals surface area contributed by atoms with E-state index >= 15 is 0 Å². The summed E-state index contributed by atoms with van der Waals surface area (Å²) in [5.41, 5.74) is 4.90. The van der Waals surface area contributed by atoms with E-state index in [1.165, 1.54) is 0 Å². The molecule has 0 fully saturated rings. The van der Waals surface area contributed by atoms with Gasteiger partial charge in [0.2, 0.25) is 0 Å². The Morgan fingerprint density at radius 1 is 1.12 bits per heavy atom. The molecule has 0 aliphatic heterocycles. The van der Waals surface area contributed by atoms with Crippen molar-refractivity contribution in [2.45, 2.75) is 6.92 Å². The number of aromatic amines is 2. The predicted molar refractivity (Wildman–Crippen MR) is 124 cm³/mol. The summed E-state index contributed by atoms with van der Waals surface area (Å²) in [6.07, 6.45) is 6.93. The standard InChI is InChI=1S/C24H20N6O3/c1-3-33-24(32)15-4-5-19-17(10-15)21(16-12-26-30(2)13-16)22(27-19)18-11-20(28-29-23(18)31)14-6-8-25-9-7-14/h4-13,27H,3H2,1-2H3,(H,29,31). The molecule has 0 amide bonds. The molecule has 164 valence electrons. The molecule has 33 heavy (non-hydrogen) atoms. The van der Waals surface area contributed by atoms with Gasteiger partial charge in [0, 0.05) is 53.2 Å². The number of nitrogens with zero attached hydrogens (tertiary/aromatic N) is 4. The third-order valence-corrected chi connectivity index (χ3v) is 5.35. The Balaban J connectivity index is 1.77. The van der Waals surface area contributed by atoms with Gasteiger partial charge in [-0.1, -0.05) is 0 Å². The maximum Gasteiger partial charge on any atom is 0.338 e. The highest BCUT2D eigenvalue weighted by Crippen LogP contribution is 2.38. The second-order valence-electron chi connectivity index (χ2n) is 7.49. The fraction of sp³-hybridized carbons (Fsp3) is 0.125. The molecule has 0 saturated carbocycles. The summed E-state index contributed by atoms with van der Waals surface area (Å²) in [6.45, 7) is 2.05. The Morgan fingerprint density at radius 3 is 2.67 bits per heavy atom. The van der Waals surface area contributed by atoms with Gasteiger partial charge in [0.1, 0.15) is 0 Å². The van der Waals surface area contributed by atoms with E-state index in [0.717, 1.165) is 27.6 Å². The maximum absolute atomic E-state index is 12.9. The number of hydrogen-bond donors (Lipinski definition) is 2. The second-order valence-corrected chi connectivity index (χ2v) is 7.49. The number of ether oxygens (including phenoxy) is 1. The number of carbonyl (C=O) groups excluding carboxylic acids is 1. The first kappa shape index (κ1) is 20.4. The molecule has 5 rings (SSSR count). The molecule has 0 aliphatic rings. The van der Waals surface area contributed by atoms with Crippen LogP contribution in [0.3, 0.4) is 0 Å². The van der Waals surface area contributed by atoms with E-state index in [4.69, 9.17) is 4.74 Å². The molecule has 9 nitrogen and oxygen atoms in total. The molecular weight excluding hydrogens is 420 g/mol. The molecule has 0 radical (unpaired) electrons. The Labute approximate surface area is 188 Å². The highest BCUT2D eigenvalue weighted by atomic mass is 16.5. The largest absolute Gasteiger partial charge is 0.462 e. The lowest BCUT2D eigenvalue weighted by Gasteiger charge is -2.06. The highest BCUT2D eigenvalue weighted by molar-refractivity contribution is 6.06. The van der Waals surface area contributed by atoms with Crippen LogP contribution < -0.4 is 5.56 Å². The van der Waals surface area contributed by atoms with Gasteiger partial charge in [-0.2, -0.15) is 10.2 Å². The first-order valence-corrected chi connectivity index (χ1v) is 10.4. The van der Waals surface area contributed by atoms with Gasteiger partial charge in [0.05, 0.1) is 35.3 Å². The van der Waals surface area contributed by atoms with E-state index in [0.29, 0.717) is 22.5 Å². The summed E-state index contributed by atoms with van der Waals surface area (Å²) < 4.78 is 6.85.